The Labute approximate surface area is 154 Å². The highest BCUT2D eigenvalue weighted by Crippen LogP contribution is 2.36. The Kier molecular flexibility index (Phi) is 4.76. The van der Waals surface area contributed by atoms with Crippen LogP contribution < -0.4 is 5.32 Å². The van der Waals surface area contributed by atoms with Gasteiger partial charge in [0.2, 0.25) is 5.91 Å². The third-order valence-electron chi connectivity index (χ3n) is 4.47. The van der Waals surface area contributed by atoms with Gasteiger partial charge >= 0.3 is 5.97 Å². The van der Waals surface area contributed by atoms with Crippen molar-refractivity contribution in [3.63, 3.8) is 0 Å². The fraction of sp³-hybridized carbons (Fsp3) is 0.389. The predicted molar refractivity (Wildman–Crippen MR) is 98.2 cm³/mol. The number of esters is 1. The maximum Gasteiger partial charge on any atom is 0.338 e. The second kappa shape index (κ2) is 7.17. The third-order valence-corrected chi connectivity index (χ3v) is 6.60. The van der Waals surface area contributed by atoms with E-state index in [-0.39, 0.29) is 12.5 Å². The first kappa shape index (κ1) is 16.6. The van der Waals surface area contributed by atoms with Crippen LogP contribution in [0.5, 0.6) is 0 Å². The summed E-state index contributed by atoms with van der Waals surface area (Å²) in [5, 5.41) is 5.93. The van der Waals surface area contributed by atoms with Crippen LogP contribution in [-0.2, 0) is 16.1 Å². The minimum absolute atomic E-state index is 0.0510. The first-order chi connectivity index (χ1) is 12.2. The van der Waals surface area contributed by atoms with Gasteiger partial charge in [0.25, 0.3) is 0 Å². The van der Waals surface area contributed by atoms with Gasteiger partial charge in [0.15, 0.2) is 0 Å². The van der Waals surface area contributed by atoms with Crippen LogP contribution in [0, 0.1) is 0 Å². The van der Waals surface area contributed by atoms with Gasteiger partial charge in [-0.05, 0) is 31.0 Å². The van der Waals surface area contributed by atoms with Crippen molar-refractivity contribution in [3.05, 3.63) is 39.8 Å². The predicted octanol–water partition coefficient (Wildman–Crippen LogP) is 4.20. The SMILES string of the molecule is O=C1CSc2ccc(C(=O)OCc3csc(C4CCCC4)n3)cc2N1. The van der Waals surface area contributed by atoms with Crippen LogP contribution in [-0.4, -0.2) is 22.6 Å². The number of benzene rings is 1. The molecule has 0 atom stereocenters. The number of anilines is 1. The van der Waals surface area contributed by atoms with E-state index in [0.29, 0.717) is 22.9 Å². The molecule has 5 nitrogen and oxygen atoms in total. The summed E-state index contributed by atoms with van der Waals surface area (Å²) in [6, 6.07) is 5.25. The van der Waals surface area contributed by atoms with Gasteiger partial charge in [-0.25, -0.2) is 9.78 Å². The van der Waals surface area contributed by atoms with E-state index in [1.807, 2.05) is 11.4 Å². The van der Waals surface area contributed by atoms with Crippen LogP contribution in [0.25, 0.3) is 0 Å². The van der Waals surface area contributed by atoms with Gasteiger partial charge < -0.3 is 10.1 Å². The Bertz CT molecular complexity index is 812. The van der Waals surface area contributed by atoms with Crippen molar-refractivity contribution < 1.29 is 14.3 Å². The molecular formula is C18H18N2O3S2. The van der Waals surface area contributed by atoms with Gasteiger partial charge in [-0.15, -0.1) is 23.1 Å². The number of nitrogens with zero attached hydrogens (tertiary/aromatic N) is 1. The van der Waals surface area contributed by atoms with Crippen LogP contribution in [0.2, 0.25) is 0 Å². The van der Waals surface area contributed by atoms with Gasteiger partial charge in [0.05, 0.1) is 27.7 Å². The number of hydrogen-bond donors (Lipinski definition) is 1. The Hall–Kier alpha value is -1.86. The van der Waals surface area contributed by atoms with Gasteiger partial charge in [-0.1, -0.05) is 12.8 Å². The number of aromatic nitrogens is 1. The molecule has 1 aromatic heterocycles. The molecule has 0 unspecified atom stereocenters. The lowest BCUT2D eigenvalue weighted by molar-refractivity contribution is -0.113. The van der Waals surface area contributed by atoms with Gasteiger partial charge in [-0.2, -0.15) is 0 Å². The van der Waals surface area contributed by atoms with Crippen molar-refractivity contribution in [1.82, 2.24) is 4.98 Å². The second-order valence-electron chi connectivity index (χ2n) is 6.28. The number of carbonyl (C=O) groups is 2. The average molecular weight is 374 g/mol. The molecule has 0 spiro atoms. The first-order valence-corrected chi connectivity index (χ1v) is 10.2. The van der Waals surface area contributed by atoms with Crippen molar-refractivity contribution in [2.75, 3.05) is 11.1 Å². The molecule has 0 radical (unpaired) electrons. The number of nitrogens with one attached hydrogen (secondary N) is 1. The summed E-state index contributed by atoms with van der Waals surface area (Å²) < 4.78 is 5.39. The minimum atomic E-state index is -0.400. The number of carbonyl (C=O) groups excluding carboxylic acids is 2. The normalized spacial score (nSPS) is 17.2. The number of fused-ring (bicyclic) bond motifs is 1. The van der Waals surface area contributed by atoms with Gasteiger partial charge in [-0.3, -0.25) is 4.79 Å². The molecule has 1 aliphatic carbocycles. The van der Waals surface area contributed by atoms with Crippen molar-refractivity contribution in [2.45, 2.75) is 43.1 Å². The zero-order valence-corrected chi connectivity index (χ0v) is 15.3. The zero-order valence-electron chi connectivity index (χ0n) is 13.6. The molecule has 2 aliphatic rings. The molecule has 7 heteroatoms. The summed E-state index contributed by atoms with van der Waals surface area (Å²) >= 11 is 3.13. The smallest absolute Gasteiger partial charge is 0.338 e. The lowest BCUT2D eigenvalue weighted by Crippen LogP contribution is -2.19. The number of thiazole rings is 1. The number of hydrogen-bond acceptors (Lipinski definition) is 6. The highest BCUT2D eigenvalue weighted by atomic mass is 32.2. The lowest BCUT2D eigenvalue weighted by atomic mass is 10.1. The molecule has 1 aromatic carbocycles. The number of thioether (sulfide) groups is 1. The van der Waals surface area contributed by atoms with E-state index in [0.717, 1.165) is 15.6 Å². The summed E-state index contributed by atoms with van der Waals surface area (Å²) in [5.41, 5.74) is 1.92. The van der Waals surface area contributed by atoms with E-state index >= 15 is 0 Å². The summed E-state index contributed by atoms with van der Waals surface area (Å²) in [6.45, 7) is 0.181. The quantitative estimate of drug-likeness (QED) is 0.812. The molecule has 0 bridgehead atoms. The van der Waals surface area contributed by atoms with Crippen LogP contribution in [0.15, 0.2) is 28.5 Å². The Balaban J connectivity index is 1.39. The molecule has 1 aliphatic heterocycles. The molecular weight excluding hydrogens is 356 g/mol. The monoisotopic (exact) mass is 374 g/mol. The Morgan fingerprint density at radius 1 is 1.32 bits per heavy atom. The molecule has 4 rings (SSSR count). The summed E-state index contributed by atoms with van der Waals surface area (Å²) in [7, 11) is 0. The Morgan fingerprint density at radius 3 is 3.00 bits per heavy atom. The van der Waals surface area contributed by atoms with Crippen LogP contribution >= 0.6 is 23.1 Å². The van der Waals surface area contributed by atoms with Crippen LogP contribution in [0.4, 0.5) is 5.69 Å². The van der Waals surface area contributed by atoms with Crippen LogP contribution in [0.1, 0.15) is 52.7 Å². The second-order valence-corrected chi connectivity index (χ2v) is 8.19. The van der Waals surface area contributed by atoms with Crippen LogP contribution in [0.3, 0.4) is 0 Å². The van der Waals surface area contributed by atoms with E-state index < -0.39 is 5.97 Å². The highest BCUT2D eigenvalue weighted by Gasteiger charge is 2.21. The highest BCUT2D eigenvalue weighted by molar-refractivity contribution is 8.00. The largest absolute Gasteiger partial charge is 0.456 e. The molecule has 1 fully saturated rings. The molecule has 2 heterocycles. The van der Waals surface area contributed by atoms with Gasteiger partial charge in [0, 0.05) is 16.2 Å². The minimum Gasteiger partial charge on any atom is -0.456 e. The Morgan fingerprint density at radius 2 is 2.16 bits per heavy atom. The molecule has 2 aromatic rings. The molecule has 0 saturated heterocycles. The summed E-state index contributed by atoms with van der Waals surface area (Å²) in [4.78, 5) is 29.3. The van der Waals surface area contributed by atoms with E-state index in [2.05, 4.69) is 10.3 Å². The van der Waals surface area contributed by atoms with E-state index in [4.69, 9.17) is 4.74 Å². The zero-order chi connectivity index (χ0) is 17.2. The van der Waals surface area contributed by atoms with E-state index in [1.165, 1.54) is 37.4 Å². The van der Waals surface area contributed by atoms with Crippen molar-refractivity contribution >= 4 is 40.7 Å². The maximum absolute atomic E-state index is 12.3. The van der Waals surface area contributed by atoms with Crippen molar-refractivity contribution in [2.24, 2.45) is 0 Å². The third kappa shape index (κ3) is 3.72. The summed E-state index contributed by atoms with van der Waals surface area (Å²) in [6.07, 6.45) is 4.99. The molecule has 1 saturated carbocycles. The number of ether oxygens (including phenoxy) is 1. The molecule has 1 N–H and O–H groups in total. The average Bonchev–Trinajstić information content (AvgIpc) is 3.30. The van der Waals surface area contributed by atoms with Crippen molar-refractivity contribution in [3.8, 4) is 0 Å². The fourth-order valence-electron chi connectivity index (χ4n) is 3.18. The molecule has 25 heavy (non-hydrogen) atoms. The lowest BCUT2D eigenvalue weighted by Gasteiger charge is -2.16. The maximum atomic E-state index is 12.3. The number of amides is 1. The topological polar surface area (TPSA) is 68.3 Å². The van der Waals surface area contributed by atoms with E-state index in [9.17, 15) is 9.59 Å². The van der Waals surface area contributed by atoms with Crippen molar-refractivity contribution in [1.29, 1.82) is 0 Å². The van der Waals surface area contributed by atoms with Gasteiger partial charge in [0.1, 0.15) is 6.61 Å². The number of rotatable bonds is 4. The fourth-order valence-corrected chi connectivity index (χ4v) is 4.95. The summed E-state index contributed by atoms with van der Waals surface area (Å²) in [5.74, 6) is 0.536. The molecule has 1 amide bonds. The molecule has 130 valence electrons. The first-order valence-electron chi connectivity index (χ1n) is 8.37. The van der Waals surface area contributed by atoms with E-state index in [1.54, 1.807) is 23.5 Å². The standard InChI is InChI=1S/C18H18N2O3S2/c21-16-10-24-15-6-5-12(7-14(15)20-16)18(22)23-8-13-9-25-17(19-13)11-3-1-2-4-11/h5-7,9,11H,1-4,8,10H2,(H,20,21).